The number of anilines is 1. The van der Waals surface area contributed by atoms with Crippen LogP contribution in [0.3, 0.4) is 0 Å². The number of non-ortho nitro benzene ring substituents is 1. The molecule has 0 heterocycles. The van der Waals surface area contributed by atoms with E-state index in [1.54, 1.807) is 20.8 Å². The summed E-state index contributed by atoms with van der Waals surface area (Å²) in [4.78, 5) is 35.5. The Balaban J connectivity index is 3.20. The van der Waals surface area contributed by atoms with Crippen LogP contribution in [0.5, 0.6) is 0 Å². The molecule has 8 heteroatoms. The van der Waals surface area contributed by atoms with Gasteiger partial charge in [0.2, 0.25) is 0 Å². The summed E-state index contributed by atoms with van der Waals surface area (Å²) in [6.45, 7) is 6.57. The number of carbonyl (C=O) groups excluding carboxylic acids is 2. The maximum Gasteiger partial charge on any atom is 0.415 e. The number of carbonyl (C=O) groups is 2. The zero-order chi connectivity index (χ0) is 17.8. The molecule has 0 bridgehead atoms. The van der Waals surface area contributed by atoms with Crippen molar-refractivity contribution in [2.45, 2.75) is 39.3 Å². The largest absolute Gasteiger partial charge is 0.467 e. The van der Waals surface area contributed by atoms with E-state index in [2.05, 4.69) is 4.74 Å². The Morgan fingerprint density at radius 1 is 1.22 bits per heavy atom. The highest BCUT2D eigenvalue weighted by molar-refractivity contribution is 5.95. The van der Waals surface area contributed by atoms with E-state index < -0.39 is 28.6 Å². The van der Waals surface area contributed by atoms with Crippen LogP contribution in [0.4, 0.5) is 16.2 Å². The van der Waals surface area contributed by atoms with Gasteiger partial charge in [-0.05, 0) is 39.8 Å². The second kappa shape index (κ2) is 7.08. The van der Waals surface area contributed by atoms with Gasteiger partial charge in [-0.3, -0.25) is 15.0 Å². The van der Waals surface area contributed by atoms with Crippen LogP contribution in [0, 0.1) is 10.1 Å². The first kappa shape index (κ1) is 18.4. The minimum absolute atomic E-state index is 0.122. The van der Waals surface area contributed by atoms with Gasteiger partial charge in [0.15, 0.2) is 0 Å². The van der Waals surface area contributed by atoms with Crippen molar-refractivity contribution in [1.29, 1.82) is 0 Å². The van der Waals surface area contributed by atoms with Crippen LogP contribution in [0.2, 0.25) is 0 Å². The molecule has 126 valence electrons. The molecule has 0 aromatic heterocycles. The van der Waals surface area contributed by atoms with Gasteiger partial charge in [-0.1, -0.05) is 0 Å². The Morgan fingerprint density at radius 3 is 2.13 bits per heavy atom. The number of hydrogen-bond donors (Lipinski definition) is 0. The van der Waals surface area contributed by atoms with Gasteiger partial charge in [-0.25, -0.2) is 9.59 Å². The average Bonchev–Trinajstić information content (AvgIpc) is 2.45. The molecular formula is C15H20N2O6. The van der Waals surface area contributed by atoms with Crippen LogP contribution in [-0.2, 0) is 14.3 Å². The summed E-state index contributed by atoms with van der Waals surface area (Å²) in [6.07, 6.45) is -0.746. The predicted octanol–water partition coefficient (Wildman–Crippen LogP) is 2.90. The average molecular weight is 324 g/mol. The highest BCUT2D eigenvalue weighted by atomic mass is 16.6. The molecule has 1 atom stereocenters. The van der Waals surface area contributed by atoms with Gasteiger partial charge in [0.1, 0.15) is 11.6 Å². The van der Waals surface area contributed by atoms with Crippen molar-refractivity contribution in [3.05, 3.63) is 34.4 Å². The van der Waals surface area contributed by atoms with Gasteiger partial charge in [-0.15, -0.1) is 0 Å². The summed E-state index contributed by atoms with van der Waals surface area (Å²) >= 11 is 0. The predicted molar refractivity (Wildman–Crippen MR) is 83.3 cm³/mol. The first-order chi connectivity index (χ1) is 10.6. The zero-order valence-electron chi connectivity index (χ0n) is 13.7. The number of rotatable bonds is 4. The molecule has 0 fully saturated rings. The first-order valence-electron chi connectivity index (χ1n) is 6.91. The standard InChI is InChI=1S/C15H20N2O6/c1-10(13(18)22-5)16(14(19)23-15(2,3)4)11-6-8-12(9-7-11)17(20)21/h6-10H,1-5H3. The van der Waals surface area contributed by atoms with Crippen LogP contribution in [0.1, 0.15) is 27.7 Å². The fraction of sp³-hybridized carbons (Fsp3) is 0.467. The summed E-state index contributed by atoms with van der Waals surface area (Å²) in [5, 5.41) is 10.7. The minimum Gasteiger partial charge on any atom is -0.467 e. The van der Waals surface area contributed by atoms with Gasteiger partial charge in [0.05, 0.1) is 12.0 Å². The molecule has 0 aliphatic carbocycles. The SMILES string of the molecule is COC(=O)C(C)N(C(=O)OC(C)(C)C)c1ccc([N+](=O)[O-])cc1. The number of esters is 1. The van der Waals surface area contributed by atoms with Crippen molar-refractivity contribution in [3.8, 4) is 0 Å². The molecular weight excluding hydrogens is 304 g/mol. The summed E-state index contributed by atoms with van der Waals surface area (Å²) in [6, 6.07) is 4.30. The van der Waals surface area contributed by atoms with Crippen molar-refractivity contribution in [3.63, 3.8) is 0 Å². The fourth-order valence-electron chi connectivity index (χ4n) is 1.81. The van der Waals surface area contributed by atoms with E-state index >= 15 is 0 Å². The van der Waals surface area contributed by atoms with Gasteiger partial charge in [-0.2, -0.15) is 0 Å². The Bertz CT molecular complexity index is 591. The molecule has 0 spiro atoms. The number of nitro groups is 1. The molecule has 0 aliphatic rings. The maximum atomic E-state index is 12.4. The molecule has 0 N–H and O–H groups in total. The molecule has 1 rings (SSSR count). The Hall–Kier alpha value is -2.64. The van der Waals surface area contributed by atoms with Crippen LogP contribution in [0.15, 0.2) is 24.3 Å². The molecule has 0 saturated carbocycles. The quantitative estimate of drug-likeness (QED) is 0.480. The van der Waals surface area contributed by atoms with Crippen molar-refractivity contribution < 1.29 is 24.0 Å². The van der Waals surface area contributed by atoms with E-state index in [0.29, 0.717) is 5.69 Å². The van der Waals surface area contributed by atoms with Crippen molar-refractivity contribution >= 4 is 23.4 Å². The number of benzene rings is 1. The number of methoxy groups -OCH3 is 1. The van der Waals surface area contributed by atoms with Gasteiger partial charge in [0, 0.05) is 17.8 Å². The van der Waals surface area contributed by atoms with Crippen LogP contribution in [0.25, 0.3) is 0 Å². The Labute approximate surface area is 134 Å². The summed E-state index contributed by atoms with van der Waals surface area (Å²) in [5.74, 6) is -0.630. The highest BCUT2D eigenvalue weighted by Gasteiger charge is 2.32. The summed E-state index contributed by atoms with van der Waals surface area (Å²) in [7, 11) is 1.21. The molecule has 0 saturated heterocycles. The third kappa shape index (κ3) is 4.94. The zero-order valence-corrected chi connectivity index (χ0v) is 13.7. The molecule has 0 aliphatic heterocycles. The van der Waals surface area contributed by atoms with E-state index in [1.165, 1.54) is 38.3 Å². The molecule has 1 aromatic carbocycles. The molecule has 8 nitrogen and oxygen atoms in total. The molecule has 1 unspecified atom stereocenters. The van der Waals surface area contributed by atoms with Crippen LogP contribution >= 0.6 is 0 Å². The first-order valence-corrected chi connectivity index (χ1v) is 6.91. The molecule has 1 amide bonds. The van der Waals surface area contributed by atoms with Crippen molar-refractivity contribution in [2.75, 3.05) is 12.0 Å². The minimum atomic E-state index is -0.948. The van der Waals surface area contributed by atoms with Gasteiger partial charge >= 0.3 is 12.1 Å². The van der Waals surface area contributed by atoms with E-state index in [-0.39, 0.29) is 5.69 Å². The van der Waals surface area contributed by atoms with Crippen LogP contribution in [-0.4, -0.2) is 35.7 Å². The van der Waals surface area contributed by atoms with Gasteiger partial charge in [0.25, 0.3) is 5.69 Å². The smallest absolute Gasteiger partial charge is 0.415 e. The Kier molecular flexibility index (Phi) is 5.67. The maximum absolute atomic E-state index is 12.4. The van der Waals surface area contributed by atoms with E-state index in [1.807, 2.05) is 0 Å². The van der Waals surface area contributed by atoms with Crippen molar-refractivity contribution in [2.24, 2.45) is 0 Å². The number of ether oxygens (including phenoxy) is 2. The van der Waals surface area contributed by atoms with Crippen LogP contribution < -0.4 is 4.90 Å². The lowest BCUT2D eigenvalue weighted by atomic mass is 10.2. The van der Waals surface area contributed by atoms with E-state index in [9.17, 15) is 19.7 Å². The van der Waals surface area contributed by atoms with Crippen molar-refractivity contribution in [1.82, 2.24) is 0 Å². The number of amides is 1. The van der Waals surface area contributed by atoms with E-state index in [0.717, 1.165) is 4.90 Å². The van der Waals surface area contributed by atoms with E-state index in [4.69, 9.17) is 4.74 Å². The lowest BCUT2D eigenvalue weighted by Gasteiger charge is -2.30. The topological polar surface area (TPSA) is 99.0 Å². The normalized spacial score (nSPS) is 12.2. The summed E-state index contributed by atoms with van der Waals surface area (Å²) < 4.78 is 9.95. The third-order valence-corrected chi connectivity index (χ3v) is 2.86. The number of nitro benzene ring substituents is 1. The highest BCUT2D eigenvalue weighted by Crippen LogP contribution is 2.24. The van der Waals surface area contributed by atoms with Gasteiger partial charge < -0.3 is 9.47 Å². The second-order valence-corrected chi connectivity index (χ2v) is 5.82. The fourth-order valence-corrected chi connectivity index (χ4v) is 1.81. The monoisotopic (exact) mass is 324 g/mol. The second-order valence-electron chi connectivity index (χ2n) is 5.82. The molecule has 0 radical (unpaired) electrons. The third-order valence-electron chi connectivity index (χ3n) is 2.86. The lowest BCUT2D eigenvalue weighted by Crippen LogP contribution is -2.46. The lowest BCUT2D eigenvalue weighted by molar-refractivity contribution is -0.384. The molecule has 1 aromatic rings. The number of nitrogens with zero attached hydrogens (tertiary/aromatic N) is 2. The Morgan fingerprint density at radius 2 is 1.74 bits per heavy atom. The number of hydrogen-bond acceptors (Lipinski definition) is 6. The molecule has 23 heavy (non-hydrogen) atoms. The summed E-state index contributed by atoms with van der Waals surface area (Å²) in [5.41, 5.74) is -0.585.